The van der Waals surface area contributed by atoms with Gasteiger partial charge in [-0.15, -0.1) is 0 Å². The minimum atomic E-state index is -3.53. The fourth-order valence-electron chi connectivity index (χ4n) is 1.96. The largest absolute Gasteiger partial charge is 0.489 e. The molecule has 0 N–H and O–H groups in total. The first-order valence-corrected chi connectivity index (χ1v) is 9.67. The van der Waals surface area contributed by atoms with Gasteiger partial charge in [-0.2, -0.15) is 8.42 Å². The molecule has 2 rings (SSSR count). The van der Waals surface area contributed by atoms with E-state index < -0.39 is 10.1 Å². The molecule has 6 heteroatoms. The second-order valence-electron chi connectivity index (χ2n) is 4.77. The molecule has 0 saturated heterocycles. The third kappa shape index (κ3) is 5.35. The second kappa shape index (κ2) is 7.65. The van der Waals surface area contributed by atoms with Gasteiger partial charge in [0, 0.05) is 5.33 Å². The van der Waals surface area contributed by atoms with Crippen LogP contribution in [0.3, 0.4) is 0 Å². The van der Waals surface area contributed by atoms with Crippen molar-refractivity contribution in [3.8, 4) is 11.5 Å². The summed E-state index contributed by atoms with van der Waals surface area (Å²) in [5.74, 6) is 1.02. The predicted molar refractivity (Wildman–Crippen MR) is 90.2 cm³/mol. The van der Waals surface area contributed by atoms with Gasteiger partial charge in [-0.25, -0.2) is 0 Å². The van der Waals surface area contributed by atoms with Crippen LogP contribution in [0.25, 0.3) is 0 Å². The van der Waals surface area contributed by atoms with E-state index in [4.69, 9.17) is 8.92 Å². The molecule has 0 saturated carbocycles. The van der Waals surface area contributed by atoms with Crippen molar-refractivity contribution in [2.45, 2.75) is 13.0 Å². The molecule has 118 valence electrons. The zero-order chi connectivity index (χ0) is 16.0. The van der Waals surface area contributed by atoms with E-state index in [0.717, 1.165) is 28.5 Å². The molecule has 0 amide bonds. The first-order chi connectivity index (χ1) is 10.5. The molecule has 0 radical (unpaired) electrons. The first-order valence-electron chi connectivity index (χ1n) is 6.73. The molecule has 0 aliphatic rings. The maximum absolute atomic E-state index is 11.2. The Balaban J connectivity index is 2.16. The monoisotopic (exact) mass is 384 g/mol. The summed E-state index contributed by atoms with van der Waals surface area (Å²) in [5, 5.41) is 0.747. The van der Waals surface area contributed by atoms with Crippen LogP contribution >= 0.6 is 15.9 Å². The highest BCUT2D eigenvalue weighted by Gasteiger charge is 2.10. The Hall–Kier alpha value is -1.53. The highest BCUT2D eigenvalue weighted by Crippen LogP contribution is 2.26. The second-order valence-corrected chi connectivity index (χ2v) is 7.14. The number of halogens is 1. The molecule has 0 unspecified atom stereocenters. The van der Waals surface area contributed by atoms with E-state index in [0.29, 0.717) is 18.8 Å². The summed E-state index contributed by atoms with van der Waals surface area (Å²) < 4.78 is 33.1. The highest BCUT2D eigenvalue weighted by molar-refractivity contribution is 9.09. The molecule has 0 heterocycles. The first kappa shape index (κ1) is 16.8. The minimum absolute atomic E-state index is 0.297. The smallest absolute Gasteiger partial charge is 0.306 e. The molecular formula is C16H17BrO4S. The van der Waals surface area contributed by atoms with Crippen LogP contribution in [-0.2, 0) is 23.1 Å². The van der Waals surface area contributed by atoms with Crippen molar-refractivity contribution < 1.29 is 17.3 Å². The number of ether oxygens (including phenoxy) is 1. The van der Waals surface area contributed by atoms with Gasteiger partial charge in [-0.1, -0.05) is 46.3 Å². The van der Waals surface area contributed by atoms with Crippen molar-refractivity contribution in [3.63, 3.8) is 0 Å². The lowest BCUT2D eigenvalue weighted by molar-refractivity contribution is 0.303. The van der Waals surface area contributed by atoms with Gasteiger partial charge in [0.25, 0.3) is 0 Å². The van der Waals surface area contributed by atoms with E-state index in [2.05, 4.69) is 15.9 Å². The number of alkyl halides is 1. The van der Waals surface area contributed by atoms with Crippen LogP contribution in [0, 0.1) is 0 Å². The van der Waals surface area contributed by atoms with Crippen molar-refractivity contribution in [2.75, 3.05) is 11.6 Å². The van der Waals surface area contributed by atoms with Gasteiger partial charge < -0.3 is 8.92 Å². The quantitative estimate of drug-likeness (QED) is 0.541. The van der Waals surface area contributed by atoms with Gasteiger partial charge >= 0.3 is 10.1 Å². The fraction of sp³-hybridized carbons (Fsp3) is 0.250. The zero-order valence-electron chi connectivity index (χ0n) is 12.2. The third-order valence-corrected chi connectivity index (χ3v) is 3.77. The molecule has 2 aromatic carbocycles. The zero-order valence-corrected chi connectivity index (χ0v) is 14.6. The molecule has 2 aromatic rings. The van der Waals surface area contributed by atoms with Crippen molar-refractivity contribution in [2.24, 2.45) is 0 Å². The van der Waals surface area contributed by atoms with E-state index in [1.54, 1.807) is 18.2 Å². The van der Waals surface area contributed by atoms with E-state index in [1.807, 2.05) is 30.3 Å². The van der Waals surface area contributed by atoms with Gasteiger partial charge in [-0.05, 0) is 35.7 Å². The molecule has 0 spiro atoms. The maximum atomic E-state index is 11.2. The highest BCUT2D eigenvalue weighted by atomic mass is 79.9. The SMILES string of the molecule is CS(=O)(=O)Oc1ccc(OCc2ccccc2)c(CCBr)c1. The number of hydrogen-bond acceptors (Lipinski definition) is 4. The van der Waals surface area contributed by atoms with Gasteiger partial charge in [0.2, 0.25) is 0 Å². The lowest BCUT2D eigenvalue weighted by Gasteiger charge is -2.13. The Labute approximate surface area is 139 Å². The Bertz CT molecular complexity index is 714. The van der Waals surface area contributed by atoms with Gasteiger partial charge in [0.05, 0.1) is 6.26 Å². The van der Waals surface area contributed by atoms with Crippen molar-refractivity contribution >= 4 is 26.0 Å². The Morgan fingerprint density at radius 3 is 2.45 bits per heavy atom. The summed E-state index contributed by atoms with van der Waals surface area (Å²) in [7, 11) is -3.53. The fourth-order valence-corrected chi connectivity index (χ4v) is 2.84. The molecule has 0 bridgehead atoms. The molecule has 4 nitrogen and oxygen atoms in total. The Morgan fingerprint density at radius 1 is 1.09 bits per heavy atom. The van der Waals surface area contributed by atoms with Crippen LogP contribution in [-0.4, -0.2) is 20.0 Å². The Kier molecular flexibility index (Phi) is 5.85. The van der Waals surface area contributed by atoms with Crippen LogP contribution in [0.5, 0.6) is 11.5 Å². The van der Waals surface area contributed by atoms with E-state index >= 15 is 0 Å². The number of benzene rings is 2. The van der Waals surface area contributed by atoms with Gasteiger partial charge in [0.1, 0.15) is 18.1 Å². The van der Waals surface area contributed by atoms with Crippen LogP contribution in [0.15, 0.2) is 48.5 Å². The van der Waals surface area contributed by atoms with Crippen molar-refractivity contribution in [3.05, 3.63) is 59.7 Å². The number of aryl methyl sites for hydroxylation is 1. The Morgan fingerprint density at radius 2 is 1.82 bits per heavy atom. The van der Waals surface area contributed by atoms with Crippen LogP contribution in [0.1, 0.15) is 11.1 Å². The maximum Gasteiger partial charge on any atom is 0.306 e. The number of hydrogen-bond donors (Lipinski definition) is 0. The molecule has 0 atom stereocenters. The summed E-state index contributed by atoms with van der Waals surface area (Å²) in [5.41, 5.74) is 1.97. The average Bonchev–Trinajstić information content (AvgIpc) is 2.46. The molecule has 0 aliphatic carbocycles. The molecular weight excluding hydrogens is 368 g/mol. The molecule has 0 aromatic heterocycles. The third-order valence-electron chi connectivity index (χ3n) is 2.88. The summed E-state index contributed by atoms with van der Waals surface area (Å²) in [6, 6.07) is 14.9. The average molecular weight is 385 g/mol. The van der Waals surface area contributed by atoms with Crippen molar-refractivity contribution in [1.29, 1.82) is 0 Å². The number of rotatable bonds is 7. The van der Waals surface area contributed by atoms with Gasteiger partial charge in [0.15, 0.2) is 0 Å². The molecule has 0 aliphatic heterocycles. The normalized spacial score (nSPS) is 11.2. The summed E-state index contributed by atoms with van der Waals surface area (Å²) in [4.78, 5) is 0. The minimum Gasteiger partial charge on any atom is -0.489 e. The van der Waals surface area contributed by atoms with E-state index in [1.165, 1.54) is 0 Å². The van der Waals surface area contributed by atoms with Crippen molar-refractivity contribution in [1.82, 2.24) is 0 Å². The standard InChI is InChI=1S/C16H17BrO4S/c1-22(18,19)21-15-7-8-16(14(11-15)9-10-17)20-12-13-5-3-2-4-6-13/h2-8,11H,9-10,12H2,1H3. The summed E-state index contributed by atoms with van der Waals surface area (Å²) in [6.07, 6.45) is 1.74. The van der Waals surface area contributed by atoms with Gasteiger partial charge in [-0.3, -0.25) is 0 Å². The lowest BCUT2D eigenvalue weighted by Crippen LogP contribution is -2.06. The predicted octanol–water partition coefficient (Wildman–Crippen LogP) is 3.54. The molecule has 0 fully saturated rings. The summed E-state index contributed by atoms with van der Waals surface area (Å²) in [6.45, 7) is 0.461. The van der Waals surface area contributed by atoms with Crippen LogP contribution < -0.4 is 8.92 Å². The van der Waals surface area contributed by atoms with E-state index in [-0.39, 0.29) is 0 Å². The van der Waals surface area contributed by atoms with Crippen LogP contribution in [0.2, 0.25) is 0 Å². The lowest BCUT2D eigenvalue weighted by atomic mass is 10.1. The molecule has 22 heavy (non-hydrogen) atoms. The van der Waals surface area contributed by atoms with E-state index in [9.17, 15) is 8.42 Å². The summed E-state index contributed by atoms with van der Waals surface area (Å²) >= 11 is 3.39. The topological polar surface area (TPSA) is 52.6 Å². The van der Waals surface area contributed by atoms with Crippen LogP contribution in [0.4, 0.5) is 0 Å².